The first-order valence-electron chi connectivity index (χ1n) is 15.4. The molecule has 0 radical (unpaired) electrons. The Bertz CT molecular complexity index is 1130. The van der Waals surface area contributed by atoms with Crippen LogP contribution in [0.15, 0.2) is 53.8 Å². The largest absolute Gasteiger partial charge is 0.393 e. The van der Waals surface area contributed by atoms with E-state index < -0.39 is 18.3 Å². The smallest absolute Gasteiger partial charge is 0.102 e. The Balaban J connectivity index is 1.26. The number of aromatic nitrogens is 1. The Labute approximate surface area is 239 Å². The molecule has 4 aliphatic rings. The lowest BCUT2D eigenvalue weighted by Crippen LogP contribution is -2.35. The van der Waals surface area contributed by atoms with Crippen molar-refractivity contribution in [2.24, 2.45) is 23.2 Å². The lowest BCUT2D eigenvalue weighted by Gasteiger charge is -2.44. The monoisotopic (exact) mass is 551 g/mol. The summed E-state index contributed by atoms with van der Waals surface area (Å²) >= 11 is 1.81. The molecule has 0 aliphatic heterocycles. The molecular weight excluding hydrogens is 502 g/mol. The number of aliphatic hydroxyl groups is 3. The molecule has 0 amide bonds. The number of hydrogen-bond donors (Lipinski definition) is 3. The summed E-state index contributed by atoms with van der Waals surface area (Å²) in [6.45, 7) is 11.2. The van der Waals surface area contributed by atoms with E-state index in [0.29, 0.717) is 30.6 Å². The zero-order chi connectivity index (χ0) is 27.8. The first kappa shape index (κ1) is 29.0. The topological polar surface area (TPSA) is 73.6 Å². The Morgan fingerprint density at radius 1 is 1.18 bits per heavy atom. The quantitative estimate of drug-likeness (QED) is 0.284. The Kier molecular flexibility index (Phi) is 8.74. The molecule has 7 atom stereocenters. The second-order valence-electron chi connectivity index (χ2n) is 13.2. The molecule has 1 heterocycles. The van der Waals surface area contributed by atoms with Crippen LogP contribution in [0.2, 0.25) is 0 Å². The van der Waals surface area contributed by atoms with Gasteiger partial charge in [0, 0.05) is 17.5 Å². The summed E-state index contributed by atoms with van der Waals surface area (Å²) in [4.78, 5) is 6.10. The van der Waals surface area contributed by atoms with Crippen LogP contribution in [0.5, 0.6) is 0 Å². The van der Waals surface area contributed by atoms with Gasteiger partial charge >= 0.3 is 0 Å². The third kappa shape index (κ3) is 5.80. The van der Waals surface area contributed by atoms with Crippen molar-refractivity contribution in [1.82, 2.24) is 4.98 Å². The third-order valence-electron chi connectivity index (χ3n) is 10.6. The lowest BCUT2D eigenvalue weighted by molar-refractivity contribution is 0.0862. The number of aryl methyl sites for hydroxylation is 1. The first-order valence-corrected chi connectivity index (χ1v) is 16.3. The maximum atomic E-state index is 11.3. The minimum atomic E-state index is -0.637. The average molecular weight is 552 g/mol. The molecular formula is C34H49NO3S. The molecule has 0 saturated heterocycles. The van der Waals surface area contributed by atoms with Crippen LogP contribution in [0.25, 0.3) is 0 Å². The number of rotatable bonds is 9. The van der Waals surface area contributed by atoms with Crippen molar-refractivity contribution in [1.29, 1.82) is 0 Å². The Hall–Kier alpha value is -1.53. The SMILES string of the molecule is C=C1/C(=C\C=C2/CCC[C@]3(C)[C@@H]([C@H](C)/C=C/[C@@H](O)C4(c5ncc(CCCC)s5)CC4)CC[C@@H]23)C[C@@H](O)C[C@@H]1O. The highest BCUT2D eigenvalue weighted by Gasteiger charge is 2.53. The molecule has 4 nitrogen and oxygen atoms in total. The predicted molar refractivity (Wildman–Crippen MR) is 161 cm³/mol. The second-order valence-corrected chi connectivity index (χ2v) is 14.4. The van der Waals surface area contributed by atoms with Crippen LogP contribution in [0.3, 0.4) is 0 Å². The number of allylic oxidation sites excluding steroid dienone is 4. The summed E-state index contributed by atoms with van der Waals surface area (Å²) in [5.41, 5.74) is 3.39. The van der Waals surface area contributed by atoms with Gasteiger partial charge in [0.15, 0.2) is 0 Å². The molecule has 0 bridgehead atoms. The van der Waals surface area contributed by atoms with E-state index in [-0.39, 0.29) is 10.8 Å². The molecule has 0 spiro atoms. The zero-order valence-corrected chi connectivity index (χ0v) is 25.1. The van der Waals surface area contributed by atoms with Crippen molar-refractivity contribution in [2.75, 3.05) is 0 Å². The maximum Gasteiger partial charge on any atom is 0.102 e. The van der Waals surface area contributed by atoms with Gasteiger partial charge in [0.05, 0.1) is 23.7 Å². The van der Waals surface area contributed by atoms with Gasteiger partial charge in [0.25, 0.3) is 0 Å². The van der Waals surface area contributed by atoms with Gasteiger partial charge in [-0.25, -0.2) is 4.98 Å². The normalized spacial score (nSPS) is 36.0. The molecule has 0 unspecified atom stereocenters. The van der Waals surface area contributed by atoms with Crippen molar-refractivity contribution in [3.05, 3.63) is 63.7 Å². The predicted octanol–water partition coefficient (Wildman–Crippen LogP) is 7.21. The fourth-order valence-corrected chi connectivity index (χ4v) is 9.22. The lowest BCUT2D eigenvalue weighted by atomic mass is 9.61. The molecule has 4 saturated carbocycles. The van der Waals surface area contributed by atoms with E-state index in [9.17, 15) is 15.3 Å². The van der Waals surface area contributed by atoms with Crippen molar-refractivity contribution < 1.29 is 15.3 Å². The molecule has 0 aromatic carbocycles. The summed E-state index contributed by atoms with van der Waals surface area (Å²) in [6, 6.07) is 0. The van der Waals surface area contributed by atoms with Crippen LogP contribution < -0.4 is 0 Å². The van der Waals surface area contributed by atoms with Crippen LogP contribution in [0, 0.1) is 23.2 Å². The molecule has 39 heavy (non-hydrogen) atoms. The summed E-state index contributed by atoms with van der Waals surface area (Å²) in [6.07, 6.45) is 21.8. The highest BCUT2D eigenvalue weighted by molar-refractivity contribution is 7.11. The fraction of sp³-hybridized carbons (Fsp3) is 0.676. The number of nitrogens with zero attached hydrogens (tertiary/aromatic N) is 1. The second kappa shape index (κ2) is 11.8. The number of hydrogen-bond acceptors (Lipinski definition) is 5. The molecule has 5 heteroatoms. The standard InChI is InChI=1S/C34H49NO3S/c1-5-6-9-27-21-35-32(39-27)34(17-18-34)31(38)15-10-22(2)28-13-14-29-24(8-7-16-33(28,29)4)11-12-25-19-26(36)20-30(37)23(25)3/h10-12,15,21-22,26,28-31,36-38H,3,5-9,13-14,16-20H2,1-2,4H3/b15-10+,24-11+,25-12-/t22-,26-,28-,29+,30+,31-,33-/m1/s1. The van der Waals surface area contributed by atoms with Crippen molar-refractivity contribution in [2.45, 2.75) is 122 Å². The molecule has 214 valence electrons. The van der Waals surface area contributed by atoms with Crippen LogP contribution in [0.4, 0.5) is 0 Å². The summed E-state index contributed by atoms with van der Waals surface area (Å²) in [5.74, 6) is 1.60. The van der Waals surface area contributed by atoms with E-state index >= 15 is 0 Å². The van der Waals surface area contributed by atoms with Crippen LogP contribution in [-0.2, 0) is 11.8 Å². The van der Waals surface area contributed by atoms with Gasteiger partial charge in [-0.2, -0.15) is 0 Å². The van der Waals surface area contributed by atoms with E-state index in [2.05, 4.69) is 51.7 Å². The van der Waals surface area contributed by atoms with Crippen molar-refractivity contribution >= 4 is 11.3 Å². The fourth-order valence-electron chi connectivity index (χ4n) is 7.98. The van der Waals surface area contributed by atoms with Gasteiger partial charge in [-0.1, -0.05) is 63.6 Å². The number of fused-ring (bicyclic) bond motifs is 1. The number of unbranched alkanes of at least 4 members (excludes halogenated alkanes) is 1. The minimum Gasteiger partial charge on any atom is -0.393 e. The van der Waals surface area contributed by atoms with E-state index in [4.69, 9.17) is 4.98 Å². The number of thiazole rings is 1. The Morgan fingerprint density at radius 2 is 1.97 bits per heavy atom. The third-order valence-corrected chi connectivity index (χ3v) is 11.9. The summed E-state index contributed by atoms with van der Waals surface area (Å²) in [5, 5.41) is 32.8. The van der Waals surface area contributed by atoms with E-state index in [1.54, 1.807) is 0 Å². The molecule has 1 aromatic heterocycles. The van der Waals surface area contributed by atoms with Gasteiger partial charge in [0.1, 0.15) is 5.01 Å². The van der Waals surface area contributed by atoms with Crippen molar-refractivity contribution in [3.63, 3.8) is 0 Å². The van der Waals surface area contributed by atoms with E-state index in [1.165, 1.54) is 49.0 Å². The van der Waals surface area contributed by atoms with Gasteiger partial charge < -0.3 is 15.3 Å². The van der Waals surface area contributed by atoms with Gasteiger partial charge in [-0.15, -0.1) is 11.3 Å². The molecule has 4 aliphatic carbocycles. The van der Waals surface area contributed by atoms with Gasteiger partial charge in [-0.05, 0) is 98.5 Å². The summed E-state index contributed by atoms with van der Waals surface area (Å²) < 4.78 is 0. The molecule has 5 rings (SSSR count). The highest BCUT2D eigenvalue weighted by Crippen LogP contribution is 2.60. The van der Waals surface area contributed by atoms with E-state index in [1.807, 2.05) is 17.5 Å². The summed E-state index contributed by atoms with van der Waals surface area (Å²) in [7, 11) is 0. The number of aliphatic hydroxyl groups excluding tert-OH is 3. The molecule has 4 fully saturated rings. The van der Waals surface area contributed by atoms with E-state index in [0.717, 1.165) is 41.8 Å². The minimum absolute atomic E-state index is 0.161. The van der Waals surface area contributed by atoms with Crippen molar-refractivity contribution in [3.8, 4) is 0 Å². The molecule has 3 N–H and O–H groups in total. The zero-order valence-electron chi connectivity index (χ0n) is 24.2. The van der Waals surface area contributed by atoms with Gasteiger partial charge in [-0.3, -0.25) is 0 Å². The Morgan fingerprint density at radius 3 is 2.72 bits per heavy atom. The molecule has 1 aromatic rings. The van der Waals surface area contributed by atoms with Crippen LogP contribution in [-0.4, -0.2) is 38.6 Å². The maximum absolute atomic E-state index is 11.3. The highest BCUT2D eigenvalue weighted by atomic mass is 32.1. The van der Waals surface area contributed by atoms with Crippen LogP contribution in [0.1, 0.15) is 101 Å². The van der Waals surface area contributed by atoms with Crippen LogP contribution >= 0.6 is 11.3 Å². The average Bonchev–Trinajstić information content (AvgIpc) is 3.44. The first-order chi connectivity index (χ1) is 18.7. The van der Waals surface area contributed by atoms with Gasteiger partial charge in [0.2, 0.25) is 0 Å².